The molecule has 1 rings (SSSR count). The Morgan fingerprint density at radius 3 is 2.62 bits per heavy atom. The maximum atomic E-state index is 11.5. The van der Waals surface area contributed by atoms with Crippen molar-refractivity contribution in [2.24, 2.45) is 5.41 Å². The van der Waals surface area contributed by atoms with Crippen LogP contribution >= 0.6 is 0 Å². The summed E-state index contributed by atoms with van der Waals surface area (Å²) in [5.41, 5.74) is 5.10. The lowest BCUT2D eigenvalue weighted by Gasteiger charge is -2.15. The Bertz CT molecular complexity index is 309. The van der Waals surface area contributed by atoms with Crippen molar-refractivity contribution < 1.29 is 4.79 Å². The number of hydrogen-bond acceptors (Lipinski definition) is 3. The van der Waals surface area contributed by atoms with E-state index in [1.54, 1.807) is 16.9 Å². The number of ketones is 1. The van der Waals surface area contributed by atoms with Gasteiger partial charge in [-0.2, -0.15) is 5.10 Å². The fourth-order valence-corrected chi connectivity index (χ4v) is 0.850. The van der Waals surface area contributed by atoms with Gasteiger partial charge in [0.1, 0.15) is 12.4 Å². The molecular weight excluding hydrogens is 166 g/mol. The number of carbonyl (C=O) groups excluding carboxylic acids is 1. The fourth-order valence-electron chi connectivity index (χ4n) is 0.850. The van der Waals surface area contributed by atoms with E-state index in [-0.39, 0.29) is 11.2 Å². The van der Waals surface area contributed by atoms with Crippen molar-refractivity contribution in [3.63, 3.8) is 0 Å². The zero-order chi connectivity index (χ0) is 10.1. The van der Waals surface area contributed by atoms with Gasteiger partial charge >= 0.3 is 0 Å². The third kappa shape index (κ3) is 2.57. The number of nitrogens with two attached hydrogens (primary N) is 1. The number of rotatable bonds is 2. The number of Topliss-reactive ketones (excluding diaryl/α,β-unsaturated/α-hetero) is 1. The highest BCUT2D eigenvalue weighted by Crippen LogP contribution is 2.15. The van der Waals surface area contributed by atoms with Crippen LogP contribution in [-0.2, 0) is 11.3 Å². The predicted molar refractivity (Wildman–Crippen MR) is 51.1 cm³/mol. The Morgan fingerprint density at radius 1 is 1.62 bits per heavy atom. The van der Waals surface area contributed by atoms with E-state index in [2.05, 4.69) is 5.10 Å². The van der Waals surface area contributed by atoms with Crippen molar-refractivity contribution >= 4 is 11.6 Å². The summed E-state index contributed by atoms with van der Waals surface area (Å²) in [7, 11) is 0. The summed E-state index contributed by atoms with van der Waals surface area (Å²) in [5, 5.41) is 3.94. The van der Waals surface area contributed by atoms with Crippen molar-refractivity contribution in [1.82, 2.24) is 9.78 Å². The second kappa shape index (κ2) is 3.20. The molecule has 0 aliphatic heterocycles. The van der Waals surface area contributed by atoms with Gasteiger partial charge in [0.05, 0.1) is 0 Å². The van der Waals surface area contributed by atoms with Gasteiger partial charge in [0.25, 0.3) is 0 Å². The maximum Gasteiger partial charge on any atom is 0.159 e. The third-order valence-electron chi connectivity index (χ3n) is 1.80. The van der Waals surface area contributed by atoms with Crippen LogP contribution < -0.4 is 5.73 Å². The van der Waals surface area contributed by atoms with Gasteiger partial charge in [0, 0.05) is 11.6 Å². The van der Waals surface area contributed by atoms with Gasteiger partial charge in [-0.05, 0) is 6.07 Å². The average molecular weight is 181 g/mol. The lowest BCUT2D eigenvalue weighted by Crippen LogP contribution is -2.25. The Hall–Kier alpha value is -1.32. The normalized spacial score (nSPS) is 11.6. The van der Waals surface area contributed by atoms with Crippen molar-refractivity contribution in [2.45, 2.75) is 27.3 Å². The van der Waals surface area contributed by atoms with Crippen molar-refractivity contribution in [1.29, 1.82) is 0 Å². The molecule has 13 heavy (non-hydrogen) atoms. The number of nitrogens with zero attached hydrogens (tertiary/aromatic N) is 2. The first kappa shape index (κ1) is 9.77. The maximum absolute atomic E-state index is 11.5. The summed E-state index contributed by atoms with van der Waals surface area (Å²) >= 11 is 0. The molecule has 0 saturated carbocycles. The number of aromatic nitrogens is 2. The summed E-state index contributed by atoms with van der Waals surface area (Å²) < 4.78 is 1.56. The van der Waals surface area contributed by atoms with E-state index in [9.17, 15) is 4.79 Å². The molecule has 1 aromatic heterocycles. The van der Waals surface area contributed by atoms with Crippen LogP contribution in [-0.4, -0.2) is 15.6 Å². The number of carbonyl (C=O) groups is 1. The quantitative estimate of drug-likeness (QED) is 0.742. The van der Waals surface area contributed by atoms with E-state index in [0.717, 1.165) is 0 Å². The number of nitrogen functional groups attached to an aromatic ring is 1. The molecule has 0 aliphatic rings. The van der Waals surface area contributed by atoms with E-state index in [1.807, 2.05) is 20.8 Å². The molecule has 0 unspecified atom stereocenters. The van der Waals surface area contributed by atoms with E-state index >= 15 is 0 Å². The van der Waals surface area contributed by atoms with Crippen molar-refractivity contribution in [3.05, 3.63) is 12.3 Å². The molecule has 1 aromatic rings. The summed E-state index contributed by atoms with van der Waals surface area (Å²) in [5.74, 6) is 0.595. The van der Waals surface area contributed by atoms with E-state index < -0.39 is 0 Å². The SMILES string of the molecule is CC(C)(C)C(=O)Cn1ccc(N)n1. The lowest BCUT2D eigenvalue weighted by atomic mass is 9.91. The number of anilines is 1. The van der Waals surface area contributed by atoms with Crippen LogP contribution in [0.3, 0.4) is 0 Å². The molecule has 4 nitrogen and oxygen atoms in total. The third-order valence-corrected chi connectivity index (χ3v) is 1.80. The molecule has 0 fully saturated rings. The van der Waals surface area contributed by atoms with Crippen LogP contribution in [0, 0.1) is 5.41 Å². The van der Waals surface area contributed by atoms with E-state index in [1.165, 1.54) is 0 Å². The Balaban J connectivity index is 2.65. The van der Waals surface area contributed by atoms with Gasteiger partial charge in [-0.3, -0.25) is 9.48 Å². The molecule has 0 atom stereocenters. The predicted octanol–water partition coefficient (Wildman–Crippen LogP) is 1.08. The first-order chi connectivity index (χ1) is 5.89. The highest BCUT2D eigenvalue weighted by atomic mass is 16.1. The molecule has 0 aliphatic carbocycles. The van der Waals surface area contributed by atoms with Crippen molar-refractivity contribution in [2.75, 3.05) is 5.73 Å². The van der Waals surface area contributed by atoms with Gasteiger partial charge in [-0.1, -0.05) is 20.8 Å². The zero-order valence-corrected chi connectivity index (χ0v) is 8.24. The summed E-state index contributed by atoms with van der Waals surface area (Å²) in [4.78, 5) is 11.5. The van der Waals surface area contributed by atoms with Crippen LogP contribution in [0.4, 0.5) is 5.82 Å². The number of hydrogen-bond donors (Lipinski definition) is 1. The zero-order valence-electron chi connectivity index (χ0n) is 8.24. The van der Waals surface area contributed by atoms with Crippen LogP contribution in [0.25, 0.3) is 0 Å². The van der Waals surface area contributed by atoms with Crippen molar-refractivity contribution in [3.8, 4) is 0 Å². The molecule has 4 heteroatoms. The molecule has 0 radical (unpaired) electrons. The van der Waals surface area contributed by atoms with Crippen LogP contribution in [0.15, 0.2) is 12.3 Å². The van der Waals surface area contributed by atoms with Gasteiger partial charge in [-0.25, -0.2) is 0 Å². The first-order valence-electron chi connectivity index (χ1n) is 4.22. The minimum Gasteiger partial charge on any atom is -0.382 e. The second-order valence-electron chi connectivity index (χ2n) is 4.11. The monoisotopic (exact) mass is 181 g/mol. The molecule has 0 bridgehead atoms. The van der Waals surface area contributed by atoms with Crippen LogP contribution in [0.2, 0.25) is 0 Å². The van der Waals surface area contributed by atoms with Gasteiger partial charge in [-0.15, -0.1) is 0 Å². The molecule has 0 aromatic carbocycles. The highest BCUT2D eigenvalue weighted by molar-refractivity contribution is 5.83. The largest absolute Gasteiger partial charge is 0.382 e. The van der Waals surface area contributed by atoms with Crippen LogP contribution in [0.5, 0.6) is 0 Å². The molecular formula is C9H15N3O. The molecule has 2 N–H and O–H groups in total. The second-order valence-corrected chi connectivity index (χ2v) is 4.11. The van der Waals surface area contributed by atoms with Gasteiger partial charge < -0.3 is 5.73 Å². The molecule has 0 spiro atoms. The molecule has 0 saturated heterocycles. The lowest BCUT2D eigenvalue weighted by molar-refractivity contribution is -0.127. The summed E-state index contributed by atoms with van der Waals surface area (Å²) in [6, 6.07) is 1.68. The average Bonchev–Trinajstić information content (AvgIpc) is 2.33. The Labute approximate surface area is 77.7 Å². The minimum absolute atomic E-state index is 0.149. The molecule has 1 heterocycles. The van der Waals surface area contributed by atoms with Gasteiger partial charge in [0.2, 0.25) is 0 Å². The Kier molecular flexibility index (Phi) is 2.40. The van der Waals surface area contributed by atoms with E-state index in [4.69, 9.17) is 5.73 Å². The summed E-state index contributed by atoms with van der Waals surface area (Å²) in [6.07, 6.45) is 1.71. The minimum atomic E-state index is -0.319. The highest BCUT2D eigenvalue weighted by Gasteiger charge is 2.21. The smallest absolute Gasteiger partial charge is 0.159 e. The summed E-state index contributed by atoms with van der Waals surface area (Å²) in [6.45, 7) is 5.97. The van der Waals surface area contributed by atoms with Gasteiger partial charge in [0.15, 0.2) is 5.78 Å². The standard InChI is InChI=1S/C9H15N3O/c1-9(2,3)7(13)6-12-5-4-8(10)11-12/h4-5H,6H2,1-3H3,(H2,10,11). The first-order valence-corrected chi connectivity index (χ1v) is 4.22. The van der Waals surface area contributed by atoms with E-state index in [0.29, 0.717) is 12.4 Å². The Morgan fingerprint density at radius 2 is 2.23 bits per heavy atom. The topological polar surface area (TPSA) is 60.9 Å². The van der Waals surface area contributed by atoms with Crippen LogP contribution in [0.1, 0.15) is 20.8 Å². The molecule has 0 amide bonds. The fraction of sp³-hybridized carbons (Fsp3) is 0.556. The molecule has 72 valence electrons.